The summed E-state index contributed by atoms with van der Waals surface area (Å²) in [4.78, 5) is 0. The number of unbranched alkanes of at least 4 members (excludes halogenated alkanes) is 3. The summed E-state index contributed by atoms with van der Waals surface area (Å²) < 4.78 is 0. The Bertz CT molecular complexity index is 195. The van der Waals surface area contributed by atoms with Gasteiger partial charge in [0.1, 0.15) is 0 Å². The fourth-order valence-corrected chi connectivity index (χ4v) is 2.34. The molecule has 0 aromatic carbocycles. The molecular weight excluding hydrogens is 236 g/mol. The fraction of sp³-hybridized carbons (Fsp3) is 1.00. The molecule has 0 heterocycles. The Kier molecular flexibility index (Phi) is 11.6. The first-order chi connectivity index (χ1) is 9.02. The maximum atomic E-state index is 5.76. The maximum absolute atomic E-state index is 5.76. The lowest BCUT2D eigenvalue weighted by atomic mass is 9.82. The monoisotopic (exact) mass is 272 g/mol. The van der Waals surface area contributed by atoms with Gasteiger partial charge in [-0.1, -0.05) is 33.6 Å². The van der Waals surface area contributed by atoms with Gasteiger partial charge >= 0.3 is 0 Å². The summed E-state index contributed by atoms with van der Waals surface area (Å²) in [5, 5.41) is 0. The molecule has 4 nitrogen and oxygen atoms in total. The van der Waals surface area contributed by atoms with Crippen molar-refractivity contribution in [3.8, 4) is 0 Å². The van der Waals surface area contributed by atoms with Crippen molar-refractivity contribution in [1.82, 2.24) is 10.9 Å². The minimum atomic E-state index is 0.274. The molecule has 0 aromatic heterocycles. The van der Waals surface area contributed by atoms with E-state index in [9.17, 15) is 0 Å². The third kappa shape index (κ3) is 12.6. The molecule has 0 aliphatic carbocycles. The van der Waals surface area contributed by atoms with Crippen LogP contribution in [0.3, 0.4) is 0 Å². The van der Waals surface area contributed by atoms with Crippen LogP contribution in [0.25, 0.3) is 0 Å². The maximum Gasteiger partial charge on any atom is 0.0102 e. The molecule has 0 aliphatic rings. The molecule has 0 rings (SSSR count). The van der Waals surface area contributed by atoms with Crippen LogP contribution in [-0.4, -0.2) is 26.2 Å². The summed E-state index contributed by atoms with van der Waals surface area (Å²) in [6.45, 7) is 10.5. The molecular formula is C15H36N4. The molecule has 0 amide bonds. The number of rotatable bonds is 13. The average molecular weight is 272 g/mol. The molecule has 116 valence electrons. The Hall–Kier alpha value is -0.160. The van der Waals surface area contributed by atoms with Crippen molar-refractivity contribution in [2.24, 2.45) is 22.8 Å². The Balaban J connectivity index is 3.30. The van der Waals surface area contributed by atoms with Crippen LogP contribution >= 0.6 is 0 Å². The van der Waals surface area contributed by atoms with Gasteiger partial charge in [-0.3, -0.25) is 10.9 Å². The highest BCUT2D eigenvalue weighted by Crippen LogP contribution is 2.25. The van der Waals surface area contributed by atoms with E-state index < -0.39 is 0 Å². The van der Waals surface area contributed by atoms with Crippen LogP contribution < -0.4 is 22.3 Å². The van der Waals surface area contributed by atoms with Crippen LogP contribution in [0.1, 0.15) is 59.3 Å². The predicted molar refractivity (Wildman–Crippen MR) is 84.8 cm³/mol. The van der Waals surface area contributed by atoms with Crippen LogP contribution in [-0.2, 0) is 0 Å². The molecule has 0 radical (unpaired) electrons. The van der Waals surface area contributed by atoms with Crippen molar-refractivity contribution < 1.29 is 0 Å². The highest BCUT2D eigenvalue weighted by Gasteiger charge is 2.18. The standard InChI is InChI=1S/C15H36N4/c1-14(12-15(2,3)13-17)8-11-19-18-10-7-5-4-6-9-16/h14,18-19H,4-13,16-17H2,1-3H3. The molecule has 0 bridgehead atoms. The molecule has 0 saturated carbocycles. The van der Waals surface area contributed by atoms with Gasteiger partial charge in [0.05, 0.1) is 0 Å². The quantitative estimate of drug-likeness (QED) is 0.305. The minimum Gasteiger partial charge on any atom is -0.330 e. The Morgan fingerprint density at radius 2 is 1.58 bits per heavy atom. The second-order valence-electron chi connectivity index (χ2n) is 6.52. The van der Waals surface area contributed by atoms with E-state index in [0.717, 1.165) is 38.5 Å². The van der Waals surface area contributed by atoms with Gasteiger partial charge in [-0.2, -0.15) is 0 Å². The van der Waals surface area contributed by atoms with Gasteiger partial charge in [-0.25, -0.2) is 0 Å². The van der Waals surface area contributed by atoms with Crippen molar-refractivity contribution in [2.45, 2.75) is 59.3 Å². The first-order valence-corrected chi connectivity index (χ1v) is 7.87. The van der Waals surface area contributed by atoms with E-state index in [-0.39, 0.29) is 5.41 Å². The first-order valence-electron chi connectivity index (χ1n) is 7.87. The van der Waals surface area contributed by atoms with E-state index in [1.54, 1.807) is 0 Å². The first kappa shape index (κ1) is 18.8. The van der Waals surface area contributed by atoms with Crippen LogP contribution in [0.5, 0.6) is 0 Å². The van der Waals surface area contributed by atoms with Crippen LogP contribution in [0.4, 0.5) is 0 Å². The molecule has 0 aromatic rings. The third-order valence-electron chi connectivity index (χ3n) is 3.60. The van der Waals surface area contributed by atoms with Crippen molar-refractivity contribution in [1.29, 1.82) is 0 Å². The van der Waals surface area contributed by atoms with Crippen LogP contribution in [0, 0.1) is 11.3 Å². The lowest BCUT2D eigenvalue weighted by molar-refractivity contribution is 0.273. The van der Waals surface area contributed by atoms with Gasteiger partial charge in [0, 0.05) is 13.1 Å². The normalized spacial score (nSPS) is 13.7. The zero-order chi connectivity index (χ0) is 14.6. The van der Waals surface area contributed by atoms with Crippen LogP contribution in [0.2, 0.25) is 0 Å². The van der Waals surface area contributed by atoms with Gasteiger partial charge < -0.3 is 11.5 Å². The van der Waals surface area contributed by atoms with Gasteiger partial charge in [-0.15, -0.1) is 0 Å². The fourth-order valence-electron chi connectivity index (χ4n) is 2.34. The lowest BCUT2D eigenvalue weighted by Crippen LogP contribution is -2.34. The number of nitrogens with two attached hydrogens (primary N) is 2. The van der Waals surface area contributed by atoms with E-state index in [4.69, 9.17) is 11.5 Å². The number of hydrogen-bond acceptors (Lipinski definition) is 4. The van der Waals surface area contributed by atoms with Gasteiger partial charge in [-0.05, 0) is 50.1 Å². The number of hydrazine groups is 1. The second kappa shape index (κ2) is 11.6. The molecule has 0 aliphatic heterocycles. The third-order valence-corrected chi connectivity index (χ3v) is 3.60. The highest BCUT2D eigenvalue weighted by molar-refractivity contribution is 4.72. The summed E-state index contributed by atoms with van der Waals surface area (Å²) in [7, 11) is 0. The molecule has 0 saturated heterocycles. The van der Waals surface area contributed by atoms with Gasteiger partial charge in [0.25, 0.3) is 0 Å². The van der Waals surface area contributed by atoms with Gasteiger partial charge in [0.2, 0.25) is 0 Å². The molecule has 19 heavy (non-hydrogen) atoms. The summed E-state index contributed by atoms with van der Waals surface area (Å²) in [6, 6.07) is 0. The number of hydrogen-bond donors (Lipinski definition) is 4. The molecule has 0 fully saturated rings. The van der Waals surface area contributed by atoms with E-state index in [2.05, 4.69) is 31.6 Å². The lowest BCUT2D eigenvalue weighted by Gasteiger charge is -2.26. The largest absolute Gasteiger partial charge is 0.330 e. The van der Waals surface area contributed by atoms with Crippen molar-refractivity contribution >= 4 is 0 Å². The summed E-state index contributed by atoms with van der Waals surface area (Å²) in [5.74, 6) is 0.720. The van der Waals surface area contributed by atoms with E-state index in [1.165, 1.54) is 32.1 Å². The summed E-state index contributed by atoms with van der Waals surface area (Å²) >= 11 is 0. The molecule has 4 heteroatoms. The van der Waals surface area contributed by atoms with Crippen LogP contribution in [0.15, 0.2) is 0 Å². The zero-order valence-corrected chi connectivity index (χ0v) is 13.3. The molecule has 1 unspecified atom stereocenters. The molecule has 0 spiro atoms. The predicted octanol–water partition coefficient (Wildman–Crippen LogP) is 2.00. The van der Waals surface area contributed by atoms with E-state index in [0.29, 0.717) is 0 Å². The summed E-state index contributed by atoms with van der Waals surface area (Å²) in [5.41, 5.74) is 18.1. The highest BCUT2D eigenvalue weighted by atomic mass is 15.3. The minimum absolute atomic E-state index is 0.274. The topological polar surface area (TPSA) is 76.1 Å². The average Bonchev–Trinajstić information content (AvgIpc) is 2.36. The SMILES string of the molecule is CC(CCNNCCCCCCN)CC(C)(C)CN. The Morgan fingerprint density at radius 1 is 0.947 bits per heavy atom. The van der Waals surface area contributed by atoms with Crippen molar-refractivity contribution in [2.75, 3.05) is 26.2 Å². The van der Waals surface area contributed by atoms with E-state index >= 15 is 0 Å². The van der Waals surface area contributed by atoms with Gasteiger partial charge in [0.15, 0.2) is 0 Å². The van der Waals surface area contributed by atoms with E-state index in [1.807, 2.05) is 0 Å². The second-order valence-corrected chi connectivity index (χ2v) is 6.52. The Labute approximate surface area is 120 Å². The smallest absolute Gasteiger partial charge is 0.0102 e. The van der Waals surface area contributed by atoms with Crippen molar-refractivity contribution in [3.63, 3.8) is 0 Å². The molecule has 1 atom stereocenters. The summed E-state index contributed by atoms with van der Waals surface area (Å²) in [6.07, 6.45) is 7.30. The van der Waals surface area contributed by atoms with Crippen molar-refractivity contribution in [3.05, 3.63) is 0 Å². The molecule has 6 N–H and O–H groups in total. The number of nitrogens with one attached hydrogen (secondary N) is 2. The zero-order valence-electron chi connectivity index (χ0n) is 13.3. The Morgan fingerprint density at radius 3 is 2.21 bits per heavy atom.